The molecule has 10 nitrogen and oxygen atoms in total. The van der Waals surface area contributed by atoms with Gasteiger partial charge in [-0.3, -0.25) is 9.98 Å². The highest BCUT2D eigenvalue weighted by molar-refractivity contribution is 8.16. The smallest absolute Gasteiger partial charge is 0.407 e. The summed E-state index contributed by atoms with van der Waals surface area (Å²) < 4.78 is 5.17. The van der Waals surface area contributed by atoms with Crippen molar-refractivity contribution in [1.29, 1.82) is 0 Å². The van der Waals surface area contributed by atoms with Crippen LogP contribution in [0.5, 0.6) is 0 Å². The third kappa shape index (κ3) is 34.2. The Morgan fingerprint density at radius 1 is 0.757 bits per heavy atom. The van der Waals surface area contributed by atoms with Gasteiger partial charge >= 0.3 is 6.09 Å². The zero-order valence-corrected chi connectivity index (χ0v) is 26.3. The summed E-state index contributed by atoms with van der Waals surface area (Å²) in [5.41, 5.74) is 0. The van der Waals surface area contributed by atoms with E-state index >= 15 is 0 Å². The summed E-state index contributed by atoms with van der Waals surface area (Å²) in [4.78, 5) is 39.5. The molecule has 0 saturated heterocycles. The number of carbonyl (C=O) groups excluding carboxylic acids is 1. The van der Waals surface area contributed by atoms with Gasteiger partial charge in [-0.2, -0.15) is 33.3 Å². The number of hydrogen-bond acceptors (Lipinski definition) is 15. The maximum atomic E-state index is 11.7. The monoisotopic (exact) mass is 639 g/mol. The van der Waals surface area contributed by atoms with E-state index in [-0.39, 0.29) is 12.7 Å². The summed E-state index contributed by atoms with van der Waals surface area (Å²) in [5, 5.41) is 13.2. The first kappa shape index (κ1) is 37.2. The SMILES string of the molecule is CCSCCN=COOCCSCSCCNC(=O)OCCSCSCCN=COOCCSCCO. The molecule has 0 fully saturated rings. The van der Waals surface area contributed by atoms with Crippen molar-refractivity contribution in [2.24, 2.45) is 9.98 Å². The van der Waals surface area contributed by atoms with Crippen molar-refractivity contribution in [3.63, 3.8) is 0 Å². The number of alkyl carbamates (subject to hydrolysis) is 1. The molecule has 0 aliphatic carbocycles. The molecule has 0 atom stereocenters. The summed E-state index contributed by atoms with van der Waals surface area (Å²) in [5.74, 6) is 6.88. The van der Waals surface area contributed by atoms with Gasteiger partial charge < -0.3 is 24.9 Å². The third-order valence-corrected chi connectivity index (χ3v) is 9.82. The molecule has 0 heterocycles. The van der Waals surface area contributed by atoms with Crippen LogP contribution in [0.1, 0.15) is 6.92 Å². The number of carbonyl (C=O) groups is 1. The highest BCUT2D eigenvalue weighted by atomic mass is 32.2. The molecule has 0 aliphatic heterocycles. The molecular formula is C21H41N3O7S6. The predicted molar refractivity (Wildman–Crippen MR) is 167 cm³/mol. The van der Waals surface area contributed by atoms with Crippen molar-refractivity contribution >= 4 is 89.5 Å². The molecule has 0 bridgehead atoms. The van der Waals surface area contributed by atoms with Gasteiger partial charge in [-0.25, -0.2) is 4.79 Å². The van der Waals surface area contributed by atoms with Gasteiger partial charge in [0.25, 0.3) is 0 Å². The van der Waals surface area contributed by atoms with Crippen LogP contribution in [0.25, 0.3) is 0 Å². The summed E-state index contributed by atoms with van der Waals surface area (Å²) in [7, 11) is 0. The number of thioether (sulfide) groups is 6. The van der Waals surface area contributed by atoms with Gasteiger partial charge in [0.15, 0.2) is 0 Å². The molecule has 2 N–H and O–H groups in total. The van der Waals surface area contributed by atoms with Gasteiger partial charge in [-0.15, -0.1) is 47.0 Å². The maximum absolute atomic E-state index is 11.7. The van der Waals surface area contributed by atoms with Gasteiger partial charge in [0.2, 0.25) is 12.8 Å². The number of aliphatic imine (C=N–C) groups is 2. The summed E-state index contributed by atoms with van der Waals surface area (Å²) in [6, 6.07) is 0. The fourth-order valence-electron chi connectivity index (χ4n) is 1.88. The Labute approximate surface area is 246 Å². The second-order valence-electron chi connectivity index (χ2n) is 6.32. The van der Waals surface area contributed by atoms with Crippen LogP contribution in [-0.2, 0) is 24.3 Å². The summed E-state index contributed by atoms with van der Waals surface area (Å²) in [6.07, 6.45) is 2.30. The Kier molecular flexibility index (Phi) is 34.4. The fraction of sp³-hybridized carbons (Fsp3) is 0.857. The van der Waals surface area contributed by atoms with Crippen LogP contribution in [-0.4, -0.2) is 126 Å². The Hall–Kier alpha value is 0.190. The molecule has 0 aromatic carbocycles. The number of rotatable bonds is 29. The molecule has 1 amide bonds. The van der Waals surface area contributed by atoms with Crippen LogP contribution in [0.2, 0.25) is 0 Å². The van der Waals surface area contributed by atoms with E-state index in [1.165, 1.54) is 12.8 Å². The van der Waals surface area contributed by atoms with Crippen LogP contribution in [0.3, 0.4) is 0 Å². The highest BCUT2D eigenvalue weighted by Gasteiger charge is 2.01. The first-order valence-electron chi connectivity index (χ1n) is 11.8. The second-order valence-corrected chi connectivity index (χ2v) is 14.1. The highest BCUT2D eigenvalue weighted by Crippen LogP contribution is 2.12. The largest absolute Gasteiger partial charge is 0.449 e. The second kappa shape index (κ2) is 34.2. The molecule has 37 heavy (non-hydrogen) atoms. The topological polar surface area (TPSA) is 120 Å². The van der Waals surface area contributed by atoms with E-state index in [4.69, 9.17) is 29.4 Å². The van der Waals surface area contributed by atoms with E-state index in [1.807, 2.05) is 11.8 Å². The van der Waals surface area contributed by atoms with Crippen LogP contribution < -0.4 is 5.32 Å². The summed E-state index contributed by atoms with van der Waals surface area (Å²) >= 11 is 10.4. The number of aliphatic hydroxyl groups excluding tert-OH is 1. The number of ether oxygens (including phenoxy) is 1. The van der Waals surface area contributed by atoms with E-state index in [1.54, 1.807) is 58.8 Å². The lowest BCUT2D eigenvalue weighted by Gasteiger charge is -2.07. The average molecular weight is 640 g/mol. The first-order valence-corrected chi connectivity index (χ1v) is 18.7. The number of nitrogens with zero attached hydrogens (tertiary/aromatic N) is 2. The zero-order chi connectivity index (χ0) is 26.9. The standard InChI is InChI=1S/C21H41N3O7S6/c1-2-32-10-3-22-17-31-29-9-16-37-20-35-12-5-24-21(26)27-7-14-36-19-34-11-4-23-18-30-28-8-15-33-13-6-25/h17-18,25H,2-16,19-20H2,1H3,(H,24,26). The number of nitrogens with one attached hydrogen (secondary N) is 1. The lowest BCUT2D eigenvalue weighted by Crippen LogP contribution is -2.27. The lowest BCUT2D eigenvalue weighted by atomic mass is 10.7. The third-order valence-electron chi connectivity index (χ3n) is 3.47. The Morgan fingerprint density at radius 2 is 1.32 bits per heavy atom. The Bertz CT molecular complexity index is 543. The Balaban J connectivity index is 3.22. The number of aliphatic hydroxyl groups is 1. The van der Waals surface area contributed by atoms with E-state index in [9.17, 15) is 4.79 Å². The number of hydrogen-bond donors (Lipinski definition) is 2. The van der Waals surface area contributed by atoms with Crippen molar-refractivity contribution < 1.29 is 34.2 Å². The molecule has 218 valence electrons. The molecule has 0 unspecified atom stereocenters. The van der Waals surface area contributed by atoms with Gasteiger partial charge in [0, 0.05) is 57.0 Å². The summed E-state index contributed by atoms with van der Waals surface area (Å²) in [6.45, 7) is 5.64. The molecule has 0 spiro atoms. The van der Waals surface area contributed by atoms with Gasteiger partial charge in [-0.1, -0.05) is 6.92 Å². The van der Waals surface area contributed by atoms with Crippen molar-refractivity contribution in [3.05, 3.63) is 0 Å². The molecule has 16 heteroatoms. The van der Waals surface area contributed by atoms with Crippen LogP contribution in [0.4, 0.5) is 4.79 Å². The minimum atomic E-state index is -0.370. The normalized spacial score (nSPS) is 11.4. The average Bonchev–Trinajstić information content (AvgIpc) is 2.90. The van der Waals surface area contributed by atoms with Crippen LogP contribution >= 0.6 is 70.6 Å². The van der Waals surface area contributed by atoms with E-state index in [0.717, 1.165) is 57.0 Å². The Morgan fingerprint density at radius 3 is 1.97 bits per heavy atom. The minimum absolute atomic E-state index is 0.176. The van der Waals surface area contributed by atoms with Gasteiger partial charge in [-0.05, 0) is 5.75 Å². The predicted octanol–water partition coefficient (Wildman–Crippen LogP) is 3.99. The lowest BCUT2D eigenvalue weighted by molar-refractivity contribution is -0.210. The molecule has 0 rings (SSSR count). The zero-order valence-electron chi connectivity index (χ0n) is 21.4. The van der Waals surface area contributed by atoms with E-state index < -0.39 is 0 Å². The first-order chi connectivity index (χ1) is 18.3. The maximum Gasteiger partial charge on any atom is 0.407 e. The van der Waals surface area contributed by atoms with Crippen LogP contribution in [0, 0.1) is 0 Å². The fourth-order valence-corrected chi connectivity index (χ4v) is 6.62. The van der Waals surface area contributed by atoms with Crippen molar-refractivity contribution in [1.82, 2.24) is 5.32 Å². The molecule has 0 aromatic rings. The van der Waals surface area contributed by atoms with Crippen molar-refractivity contribution in [2.45, 2.75) is 6.92 Å². The minimum Gasteiger partial charge on any atom is -0.449 e. The van der Waals surface area contributed by atoms with Crippen molar-refractivity contribution in [3.8, 4) is 0 Å². The van der Waals surface area contributed by atoms with E-state index in [2.05, 4.69) is 22.2 Å². The van der Waals surface area contributed by atoms with Gasteiger partial charge in [0.1, 0.15) is 19.8 Å². The number of amides is 1. The molecule has 0 radical (unpaired) electrons. The molecule has 0 saturated carbocycles. The molecular weight excluding hydrogens is 599 g/mol. The van der Waals surface area contributed by atoms with Crippen molar-refractivity contribution in [2.75, 3.05) is 102 Å². The van der Waals surface area contributed by atoms with Gasteiger partial charge in [0.05, 0.1) is 19.7 Å². The quantitative estimate of drug-likeness (QED) is 0.0307. The molecule has 0 aromatic heterocycles. The molecule has 0 aliphatic rings. The van der Waals surface area contributed by atoms with Crippen LogP contribution in [0.15, 0.2) is 9.98 Å². The van der Waals surface area contributed by atoms with E-state index in [0.29, 0.717) is 38.7 Å².